The first-order valence-corrected chi connectivity index (χ1v) is 10.2. The number of aromatic nitrogens is 4. The number of benzene rings is 2. The van der Waals surface area contributed by atoms with Crippen LogP contribution in [0.25, 0.3) is 22.6 Å². The molecule has 0 unspecified atom stereocenters. The van der Waals surface area contributed by atoms with E-state index in [1.807, 2.05) is 95.5 Å². The molecule has 6 heteroatoms. The second kappa shape index (κ2) is 8.35. The van der Waals surface area contributed by atoms with Crippen molar-refractivity contribution in [2.75, 3.05) is 4.90 Å². The molecule has 0 fully saturated rings. The van der Waals surface area contributed by atoms with E-state index in [9.17, 15) is 5.11 Å². The van der Waals surface area contributed by atoms with Crippen LogP contribution in [0.2, 0.25) is 0 Å². The Balaban J connectivity index is 1.65. The van der Waals surface area contributed by atoms with E-state index in [4.69, 9.17) is 9.97 Å². The molecule has 0 aliphatic rings. The monoisotopic (exact) mass is 419 g/mol. The SMILES string of the molecule is Cn1cc(N(c2cccnc2)c2cccc(-c3ccccc3)n2)nc1-c1ccccc1O. The maximum Gasteiger partial charge on any atom is 0.157 e. The highest BCUT2D eigenvalue weighted by atomic mass is 16.3. The molecule has 3 aromatic heterocycles. The summed E-state index contributed by atoms with van der Waals surface area (Å²) in [6.45, 7) is 0. The molecule has 156 valence electrons. The molecule has 0 saturated heterocycles. The quantitative estimate of drug-likeness (QED) is 0.395. The standard InChI is InChI=1S/C26H21N5O/c1-30-18-25(29-26(30)21-12-5-6-14-23(21)32)31(20-11-8-16-27-17-20)24-15-7-13-22(28-24)19-9-3-2-4-10-19/h2-18,32H,1H3. The van der Waals surface area contributed by atoms with Crippen LogP contribution >= 0.6 is 0 Å². The second-order valence-electron chi connectivity index (χ2n) is 7.34. The largest absolute Gasteiger partial charge is 0.507 e. The fraction of sp³-hybridized carbons (Fsp3) is 0.0385. The Morgan fingerprint density at radius 1 is 0.781 bits per heavy atom. The van der Waals surface area contributed by atoms with Gasteiger partial charge in [-0.25, -0.2) is 9.97 Å². The summed E-state index contributed by atoms with van der Waals surface area (Å²) in [5.74, 6) is 2.24. The normalized spacial score (nSPS) is 10.8. The molecule has 0 bridgehead atoms. The molecular weight excluding hydrogens is 398 g/mol. The zero-order valence-corrected chi connectivity index (χ0v) is 17.5. The number of phenols is 1. The van der Waals surface area contributed by atoms with Gasteiger partial charge < -0.3 is 9.67 Å². The zero-order chi connectivity index (χ0) is 21.9. The maximum absolute atomic E-state index is 10.3. The van der Waals surface area contributed by atoms with E-state index in [0.717, 1.165) is 22.8 Å². The van der Waals surface area contributed by atoms with Gasteiger partial charge in [0.15, 0.2) is 5.82 Å². The van der Waals surface area contributed by atoms with Crippen LogP contribution < -0.4 is 4.90 Å². The second-order valence-corrected chi connectivity index (χ2v) is 7.34. The Labute approximate surface area is 186 Å². The van der Waals surface area contributed by atoms with Crippen molar-refractivity contribution in [1.82, 2.24) is 19.5 Å². The molecule has 0 spiro atoms. The molecule has 1 N–H and O–H groups in total. The van der Waals surface area contributed by atoms with Crippen LogP contribution in [0.1, 0.15) is 0 Å². The summed E-state index contributed by atoms with van der Waals surface area (Å²) in [5, 5.41) is 10.3. The lowest BCUT2D eigenvalue weighted by Gasteiger charge is -2.21. The van der Waals surface area contributed by atoms with Crippen LogP contribution in [-0.2, 0) is 7.05 Å². The van der Waals surface area contributed by atoms with E-state index in [2.05, 4.69) is 4.98 Å². The van der Waals surface area contributed by atoms with E-state index in [1.54, 1.807) is 24.5 Å². The molecule has 0 saturated carbocycles. The number of aromatic hydroxyl groups is 1. The van der Waals surface area contributed by atoms with Crippen molar-refractivity contribution in [3.05, 3.63) is 104 Å². The first-order chi connectivity index (χ1) is 15.7. The number of hydrogen-bond acceptors (Lipinski definition) is 5. The van der Waals surface area contributed by atoms with Gasteiger partial charge in [-0.1, -0.05) is 48.5 Å². The van der Waals surface area contributed by atoms with Crippen LogP contribution in [0.5, 0.6) is 5.75 Å². The third kappa shape index (κ3) is 3.70. The van der Waals surface area contributed by atoms with Crippen LogP contribution in [0, 0.1) is 0 Å². The van der Waals surface area contributed by atoms with Crippen LogP contribution in [0.15, 0.2) is 104 Å². The third-order valence-electron chi connectivity index (χ3n) is 5.17. The van der Waals surface area contributed by atoms with Gasteiger partial charge >= 0.3 is 0 Å². The van der Waals surface area contributed by atoms with Gasteiger partial charge in [-0.15, -0.1) is 0 Å². The van der Waals surface area contributed by atoms with Gasteiger partial charge in [-0.2, -0.15) is 0 Å². The van der Waals surface area contributed by atoms with E-state index in [1.165, 1.54) is 0 Å². The number of hydrogen-bond donors (Lipinski definition) is 1. The Bertz CT molecular complexity index is 1350. The number of imidazole rings is 1. The molecule has 0 amide bonds. The van der Waals surface area contributed by atoms with E-state index in [0.29, 0.717) is 17.2 Å². The Morgan fingerprint density at radius 3 is 2.38 bits per heavy atom. The minimum absolute atomic E-state index is 0.185. The van der Waals surface area contributed by atoms with Crippen LogP contribution in [0.4, 0.5) is 17.3 Å². The van der Waals surface area contributed by atoms with Gasteiger partial charge in [0, 0.05) is 25.0 Å². The summed E-state index contributed by atoms with van der Waals surface area (Å²) < 4.78 is 1.90. The number of anilines is 3. The van der Waals surface area contributed by atoms with Crippen LogP contribution in [0.3, 0.4) is 0 Å². The van der Waals surface area contributed by atoms with E-state index in [-0.39, 0.29) is 5.75 Å². The lowest BCUT2D eigenvalue weighted by molar-refractivity contribution is 0.476. The van der Waals surface area contributed by atoms with Crippen molar-refractivity contribution >= 4 is 17.3 Å². The number of para-hydroxylation sites is 1. The summed E-state index contributed by atoms with van der Waals surface area (Å²) >= 11 is 0. The van der Waals surface area contributed by atoms with Crippen molar-refractivity contribution in [2.45, 2.75) is 0 Å². The summed E-state index contributed by atoms with van der Waals surface area (Å²) in [6.07, 6.45) is 5.44. The summed E-state index contributed by atoms with van der Waals surface area (Å²) in [5.41, 5.74) is 3.41. The summed E-state index contributed by atoms with van der Waals surface area (Å²) in [6, 6.07) is 27.0. The minimum atomic E-state index is 0.185. The van der Waals surface area contributed by atoms with Gasteiger partial charge in [0.05, 0.1) is 23.1 Å². The smallest absolute Gasteiger partial charge is 0.157 e. The number of nitrogens with zero attached hydrogens (tertiary/aromatic N) is 5. The molecule has 5 rings (SSSR count). The highest BCUT2D eigenvalue weighted by Crippen LogP contribution is 2.36. The number of rotatable bonds is 5. The maximum atomic E-state index is 10.3. The highest BCUT2D eigenvalue weighted by molar-refractivity contribution is 5.75. The number of pyridine rings is 2. The molecular formula is C26H21N5O. The van der Waals surface area contributed by atoms with E-state index >= 15 is 0 Å². The predicted molar refractivity (Wildman–Crippen MR) is 126 cm³/mol. The van der Waals surface area contributed by atoms with Crippen molar-refractivity contribution in [2.24, 2.45) is 7.05 Å². The average Bonchev–Trinajstić information content (AvgIpc) is 3.21. The molecule has 0 atom stereocenters. The predicted octanol–water partition coefficient (Wildman–Crippen LogP) is 5.72. The van der Waals surface area contributed by atoms with Gasteiger partial charge in [0.1, 0.15) is 17.4 Å². The topological polar surface area (TPSA) is 67.1 Å². The van der Waals surface area contributed by atoms with Crippen molar-refractivity contribution in [1.29, 1.82) is 0 Å². The van der Waals surface area contributed by atoms with Gasteiger partial charge in [0.25, 0.3) is 0 Å². The molecule has 3 heterocycles. The molecule has 32 heavy (non-hydrogen) atoms. The van der Waals surface area contributed by atoms with Crippen molar-refractivity contribution in [3.63, 3.8) is 0 Å². The first kappa shape index (κ1) is 19.5. The third-order valence-corrected chi connectivity index (χ3v) is 5.17. The highest BCUT2D eigenvalue weighted by Gasteiger charge is 2.20. The van der Waals surface area contributed by atoms with Crippen molar-refractivity contribution < 1.29 is 5.11 Å². The molecule has 5 aromatic rings. The molecule has 6 nitrogen and oxygen atoms in total. The minimum Gasteiger partial charge on any atom is -0.507 e. The Kier molecular flexibility index (Phi) is 5.09. The molecule has 2 aromatic carbocycles. The van der Waals surface area contributed by atoms with Gasteiger partial charge in [0.2, 0.25) is 0 Å². The Hall–Kier alpha value is -4.45. The zero-order valence-electron chi connectivity index (χ0n) is 17.5. The number of aryl methyl sites for hydroxylation is 1. The fourth-order valence-corrected chi connectivity index (χ4v) is 3.66. The van der Waals surface area contributed by atoms with Crippen LogP contribution in [-0.4, -0.2) is 24.6 Å². The lowest BCUT2D eigenvalue weighted by Crippen LogP contribution is -2.12. The van der Waals surface area contributed by atoms with Crippen molar-refractivity contribution in [3.8, 4) is 28.4 Å². The average molecular weight is 419 g/mol. The van der Waals surface area contributed by atoms with Gasteiger partial charge in [-0.3, -0.25) is 9.88 Å². The lowest BCUT2D eigenvalue weighted by atomic mass is 10.1. The van der Waals surface area contributed by atoms with Gasteiger partial charge in [-0.05, 0) is 36.4 Å². The fourth-order valence-electron chi connectivity index (χ4n) is 3.66. The summed E-state index contributed by atoms with van der Waals surface area (Å²) in [4.78, 5) is 16.0. The summed E-state index contributed by atoms with van der Waals surface area (Å²) in [7, 11) is 1.91. The number of phenolic OH excluding ortho intramolecular Hbond substituents is 1. The van der Waals surface area contributed by atoms with E-state index < -0.39 is 0 Å². The molecule has 0 aliphatic carbocycles. The Morgan fingerprint density at radius 2 is 1.59 bits per heavy atom. The molecule has 0 radical (unpaired) electrons. The molecule has 0 aliphatic heterocycles. The first-order valence-electron chi connectivity index (χ1n) is 10.2.